The number of aryl methyl sites for hydroxylation is 3. The highest BCUT2D eigenvalue weighted by molar-refractivity contribution is 8.00. The fraction of sp³-hybridized carbons (Fsp3) is 0.348. The summed E-state index contributed by atoms with van der Waals surface area (Å²) < 4.78 is 11.5. The summed E-state index contributed by atoms with van der Waals surface area (Å²) >= 11 is 1.28. The van der Waals surface area contributed by atoms with E-state index in [1.807, 2.05) is 62.1 Å². The second kappa shape index (κ2) is 8.92. The number of nitrogens with zero attached hydrogens (tertiary/aromatic N) is 3. The number of carbonyl (C=O) groups excluding carboxylic acids is 1. The monoisotopic (exact) mass is 423 g/mol. The molecule has 1 unspecified atom stereocenters. The quantitative estimate of drug-likeness (QED) is 0.534. The van der Waals surface area contributed by atoms with Crippen LogP contribution >= 0.6 is 11.8 Å². The third kappa shape index (κ3) is 4.51. The zero-order chi connectivity index (χ0) is 21.1. The largest absolute Gasteiger partial charge is 0.484 e. The Labute approximate surface area is 180 Å². The first-order valence-electron chi connectivity index (χ1n) is 10.1. The lowest BCUT2D eigenvalue weighted by molar-refractivity contribution is -0.117. The van der Waals surface area contributed by atoms with Crippen molar-refractivity contribution < 1.29 is 13.9 Å². The van der Waals surface area contributed by atoms with Crippen LogP contribution in [0.5, 0.6) is 5.75 Å². The molecule has 1 atom stereocenters. The van der Waals surface area contributed by atoms with Gasteiger partial charge in [0.1, 0.15) is 5.75 Å². The molecule has 0 aliphatic carbocycles. The molecule has 0 saturated carbocycles. The molecule has 2 heterocycles. The molecular weight excluding hydrogens is 398 g/mol. The van der Waals surface area contributed by atoms with Crippen LogP contribution in [0, 0.1) is 13.8 Å². The fourth-order valence-corrected chi connectivity index (χ4v) is 4.29. The number of fused-ring (bicyclic) bond motifs is 1. The number of benzene rings is 2. The molecule has 7 heteroatoms. The first kappa shape index (κ1) is 20.5. The number of hydrogen-bond acceptors (Lipinski definition) is 6. The van der Waals surface area contributed by atoms with E-state index in [1.54, 1.807) is 0 Å². The second-order valence-corrected chi connectivity index (χ2v) is 8.79. The third-order valence-electron chi connectivity index (χ3n) is 5.14. The molecule has 2 aromatic carbocycles. The van der Waals surface area contributed by atoms with E-state index in [0.29, 0.717) is 11.1 Å². The maximum Gasteiger partial charge on any atom is 0.277 e. The van der Waals surface area contributed by atoms with Crippen molar-refractivity contribution in [3.05, 3.63) is 65.0 Å². The van der Waals surface area contributed by atoms with E-state index in [4.69, 9.17) is 9.15 Å². The number of rotatable bonds is 6. The zero-order valence-corrected chi connectivity index (χ0v) is 18.2. The average Bonchev–Trinajstić information content (AvgIpc) is 3.20. The molecular formula is C23H25N3O3S. The van der Waals surface area contributed by atoms with Gasteiger partial charge in [-0.1, -0.05) is 42.1 Å². The van der Waals surface area contributed by atoms with E-state index in [0.717, 1.165) is 42.0 Å². The van der Waals surface area contributed by atoms with E-state index < -0.39 is 0 Å². The van der Waals surface area contributed by atoms with Crippen LogP contribution in [0.2, 0.25) is 0 Å². The smallest absolute Gasteiger partial charge is 0.277 e. The van der Waals surface area contributed by atoms with E-state index in [-0.39, 0.29) is 17.8 Å². The van der Waals surface area contributed by atoms with Crippen LogP contribution in [0.1, 0.15) is 35.9 Å². The number of para-hydroxylation sites is 1. The molecule has 1 aromatic heterocycles. The highest BCUT2D eigenvalue weighted by Gasteiger charge is 2.28. The fourth-order valence-electron chi connectivity index (χ4n) is 3.53. The topological polar surface area (TPSA) is 68.5 Å². The molecule has 6 nitrogen and oxygen atoms in total. The molecule has 0 N–H and O–H groups in total. The minimum atomic E-state index is -0.329. The average molecular weight is 424 g/mol. The molecule has 3 aromatic rings. The Morgan fingerprint density at radius 1 is 1.23 bits per heavy atom. The summed E-state index contributed by atoms with van der Waals surface area (Å²) in [5, 5.41) is 8.18. The molecule has 1 aliphatic rings. The molecule has 0 saturated heterocycles. The van der Waals surface area contributed by atoms with Gasteiger partial charge in [-0.25, -0.2) is 0 Å². The van der Waals surface area contributed by atoms with Gasteiger partial charge >= 0.3 is 0 Å². The van der Waals surface area contributed by atoms with Crippen molar-refractivity contribution in [1.82, 2.24) is 10.2 Å². The van der Waals surface area contributed by atoms with Gasteiger partial charge in [0.05, 0.1) is 5.25 Å². The number of carbonyl (C=O) groups is 1. The number of amides is 1. The summed E-state index contributed by atoms with van der Waals surface area (Å²) in [5.74, 6) is 1.25. The Morgan fingerprint density at radius 2 is 2.07 bits per heavy atom. The van der Waals surface area contributed by atoms with Gasteiger partial charge in [-0.3, -0.25) is 4.79 Å². The van der Waals surface area contributed by atoms with Crippen LogP contribution in [0.25, 0.3) is 0 Å². The molecule has 0 fully saturated rings. The van der Waals surface area contributed by atoms with Crippen molar-refractivity contribution in [1.29, 1.82) is 0 Å². The summed E-state index contributed by atoms with van der Waals surface area (Å²) in [4.78, 5) is 14.9. The number of thioether (sulfide) groups is 1. The minimum absolute atomic E-state index is 0.0542. The van der Waals surface area contributed by atoms with Gasteiger partial charge in [0, 0.05) is 12.2 Å². The SMILES string of the molecule is Cc1ccc(C)c(OCc2nnc(SC(C)C(=O)N3CCCc4ccccc43)o2)c1. The van der Waals surface area contributed by atoms with Crippen molar-refractivity contribution >= 4 is 23.4 Å². The molecule has 30 heavy (non-hydrogen) atoms. The second-order valence-electron chi connectivity index (χ2n) is 7.50. The van der Waals surface area contributed by atoms with Crippen LogP contribution in [-0.2, 0) is 17.8 Å². The van der Waals surface area contributed by atoms with E-state index in [2.05, 4.69) is 16.3 Å². The summed E-state index contributed by atoms with van der Waals surface area (Å²) in [5.41, 5.74) is 4.41. The summed E-state index contributed by atoms with van der Waals surface area (Å²) in [6.45, 7) is 6.82. The summed E-state index contributed by atoms with van der Waals surface area (Å²) in [7, 11) is 0. The summed E-state index contributed by atoms with van der Waals surface area (Å²) in [6.07, 6.45) is 1.98. The minimum Gasteiger partial charge on any atom is -0.484 e. The molecule has 4 rings (SSSR count). The number of anilines is 1. The Morgan fingerprint density at radius 3 is 2.93 bits per heavy atom. The molecule has 1 aliphatic heterocycles. The van der Waals surface area contributed by atoms with E-state index in [1.165, 1.54) is 17.3 Å². The normalized spacial score (nSPS) is 14.3. The standard InChI is InChI=1S/C23H25N3O3S/c1-15-10-11-16(2)20(13-15)28-14-21-24-25-23(29-21)30-17(3)22(27)26-12-6-8-18-7-4-5-9-19(18)26/h4-5,7,9-11,13,17H,6,8,12,14H2,1-3H3. The lowest BCUT2D eigenvalue weighted by Gasteiger charge is -2.31. The van der Waals surface area contributed by atoms with Crippen LogP contribution in [-0.4, -0.2) is 27.9 Å². The van der Waals surface area contributed by atoms with Crippen molar-refractivity contribution in [2.75, 3.05) is 11.4 Å². The molecule has 0 radical (unpaired) electrons. The van der Waals surface area contributed by atoms with Gasteiger partial charge in [0.25, 0.3) is 11.1 Å². The van der Waals surface area contributed by atoms with Crippen LogP contribution in [0.15, 0.2) is 52.1 Å². The lowest BCUT2D eigenvalue weighted by Crippen LogP contribution is -2.40. The van der Waals surface area contributed by atoms with Gasteiger partial charge in [0.15, 0.2) is 6.61 Å². The van der Waals surface area contributed by atoms with Crippen LogP contribution in [0.3, 0.4) is 0 Å². The highest BCUT2D eigenvalue weighted by Crippen LogP contribution is 2.30. The van der Waals surface area contributed by atoms with Gasteiger partial charge in [-0.05, 0) is 62.4 Å². The molecule has 0 bridgehead atoms. The Bertz CT molecular complexity index is 1050. The van der Waals surface area contributed by atoms with Crippen molar-refractivity contribution in [2.45, 2.75) is 50.7 Å². The number of hydrogen-bond donors (Lipinski definition) is 0. The van der Waals surface area contributed by atoms with Crippen LogP contribution < -0.4 is 9.64 Å². The zero-order valence-electron chi connectivity index (χ0n) is 17.4. The first-order valence-corrected chi connectivity index (χ1v) is 11.0. The van der Waals surface area contributed by atoms with Gasteiger partial charge in [0.2, 0.25) is 5.91 Å². The Balaban J connectivity index is 1.38. The van der Waals surface area contributed by atoms with E-state index >= 15 is 0 Å². The van der Waals surface area contributed by atoms with Gasteiger partial charge < -0.3 is 14.1 Å². The predicted molar refractivity (Wildman–Crippen MR) is 117 cm³/mol. The van der Waals surface area contributed by atoms with Crippen molar-refractivity contribution in [3.63, 3.8) is 0 Å². The van der Waals surface area contributed by atoms with Gasteiger partial charge in [-0.2, -0.15) is 0 Å². The Hall–Kier alpha value is -2.80. The van der Waals surface area contributed by atoms with Crippen molar-refractivity contribution in [3.8, 4) is 5.75 Å². The van der Waals surface area contributed by atoms with Gasteiger partial charge in [-0.15, -0.1) is 10.2 Å². The lowest BCUT2D eigenvalue weighted by atomic mass is 10.0. The maximum absolute atomic E-state index is 13.0. The van der Waals surface area contributed by atoms with Crippen molar-refractivity contribution in [2.24, 2.45) is 0 Å². The number of ether oxygens (including phenoxy) is 1. The first-order chi connectivity index (χ1) is 14.5. The molecule has 1 amide bonds. The maximum atomic E-state index is 13.0. The van der Waals surface area contributed by atoms with Crippen LogP contribution in [0.4, 0.5) is 5.69 Å². The number of aromatic nitrogens is 2. The Kier molecular flexibility index (Phi) is 6.08. The highest BCUT2D eigenvalue weighted by atomic mass is 32.2. The molecule has 156 valence electrons. The predicted octanol–water partition coefficient (Wildman–Crippen LogP) is 4.73. The summed E-state index contributed by atoms with van der Waals surface area (Å²) in [6, 6.07) is 14.1. The van der Waals surface area contributed by atoms with E-state index in [9.17, 15) is 4.79 Å². The third-order valence-corrected chi connectivity index (χ3v) is 6.07. The molecule has 0 spiro atoms.